The number of rotatable bonds is 6. The first-order valence-corrected chi connectivity index (χ1v) is 10.0. The topological polar surface area (TPSA) is 88.4 Å². The summed E-state index contributed by atoms with van der Waals surface area (Å²) in [6.07, 6.45) is 1.71. The monoisotopic (exact) mass is 426 g/mol. The third-order valence-corrected chi connectivity index (χ3v) is 5.27. The average Bonchev–Trinajstić information content (AvgIpc) is 2.97. The predicted octanol–water partition coefficient (Wildman–Crippen LogP) is 4.41. The number of para-hydroxylation sites is 1. The van der Waals surface area contributed by atoms with E-state index in [-0.39, 0.29) is 17.6 Å². The van der Waals surface area contributed by atoms with E-state index in [4.69, 9.17) is 14.6 Å². The molecule has 0 saturated carbocycles. The van der Waals surface area contributed by atoms with E-state index in [1.165, 1.54) is 28.8 Å². The Morgan fingerprint density at radius 2 is 1.90 bits per heavy atom. The van der Waals surface area contributed by atoms with Gasteiger partial charge in [0.15, 0.2) is 16.7 Å². The Labute approximate surface area is 179 Å². The minimum atomic E-state index is -1.00. The second-order valence-electron chi connectivity index (χ2n) is 6.77. The van der Waals surface area contributed by atoms with E-state index in [9.17, 15) is 9.59 Å². The average molecular weight is 426 g/mol. The lowest BCUT2D eigenvalue weighted by Crippen LogP contribution is -2.23. The van der Waals surface area contributed by atoms with Crippen LogP contribution in [0.2, 0.25) is 0 Å². The number of carbonyl (C=O) groups is 2. The summed E-state index contributed by atoms with van der Waals surface area (Å²) in [5.41, 5.74) is 1.48. The maximum atomic E-state index is 12.7. The van der Waals surface area contributed by atoms with Gasteiger partial charge >= 0.3 is 5.97 Å². The summed E-state index contributed by atoms with van der Waals surface area (Å²) in [4.78, 5) is 30.2. The van der Waals surface area contributed by atoms with Crippen molar-refractivity contribution in [1.29, 1.82) is 0 Å². The van der Waals surface area contributed by atoms with Crippen molar-refractivity contribution in [2.24, 2.45) is 4.99 Å². The van der Waals surface area contributed by atoms with Crippen LogP contribution >= 0.6 is 11.8 Å². The first-order valence-electron chi connectivity index (χ1n) is 9.23. The smallest absolute Gasteiger partial charge is 0.335 e. The molecule has 2 aromatic rings. The van der Waals surface area contributed by atoms with Gasteiger partial charge in [-0.15, -0.1) is 0 Å². The molecule has 0 spiro atoms. The highest BCUT2D eigenvalue weighted by Gasteiger charge is 2.31. The SMILES string of the molecule is COc1cccc(C=C2SC(=Nc3ccc(C(=O)O)cc3)N(C)C2=O)c1OC(C)C. The number of hydrogen-bond acceptors (Lipinski definition) is 6. The maximum absolute atomic E-state index is 12.7. The molecule has 0 aromatic heterocycles. The zero-order chi connectivity index (χ0) is 21.8. The van der Waals surface area contributed by atoms with Crippen LogP contribution in [0.1, 0.15) is 29.8 Å². The van der Waals surface area contributed by atoms with Gasteiger partial charge in [-0.25, -0.2) is 9.79 Å². The third-order valence-electron chi connectivity index (χ3n) is 4.21. The van der Waals surface area contributed by atoms with E-state index in [1.54, 1.807) is 32.4 Å². The number of amidine groups is 1. The van der Waals surface area contributed by atoms with E-state index >= 15 is 0 Å². The number of aliphatic imine (C=N–C) groups is 1. The second-order valence-corrected chi connectivity index (χ2v) is 7.78. The van der Waals surface area contributed by atoms with E-state index in [1.807, 2.05) is 32.0 Å². The van der Waals surface area contributed by atoms with Gasteiger partial charge in [-0.1, -0.05) is 12.1 Å². The van der Waals surface area contributed by atoms with Crippen LogP contribution in [-0.4, -0.2) is 47.3 Å². The fourth-order valence-corrected chi connectivity index (χ4v) is 3.73. The number of hydrogen-bond donors (Lipinski definition) is 1. The lowest BCUT2D eigenvalue weighted by Gasteiger charge is -2.16. The number of methoxy groups -OCH3 is 1. The molecule has 2 aromatic carbocycles. The molecule has 8 heteroatoms. The first-order chi connectivity index (χ1) is 14.3. The highest BCUT2D eigenvalue weighted by Crippen LogP contribution is 2.38. The van der Waals surface area contributed by atoms with Crippen LogP contribution in [0.3, 0.4) is 0 Å². The molecule has 3 rings (SSSR count). The van der Waals surface area contributed by atoms with Crippen molar-refractivity contribution in [3.8, 4) is 11.5 Å². The molecule has 1 aliphatic rings. The minimum absolute atomic E-state index is 0.0565. The molecular formula is C22H22N2O5S. The molecule has 30 heavy (non-hydrogen) atoms. The van der Waals surface area contributed by atoms with Gasteiger partial charge in [0.2, 0.25) is 0 Å². The fraction of sp³-hybridized carbons (Fsp3) is 0.227. The van der Waals surface area contributed by atoms with Crippen LogP contribution in [-0.2, 0) is 4.79 Å². The minimum Gasteiger partial charge on any atom is -0.493 e. The molecule has 0 bridgehead atoms. The zero-order valence-electron chi connectivity index (χ0n) is 17.1. The molecule has 156 valence electrons. The van der Waals surface area contributed by atoms with E-state index in [0.717, 1.165) is 5.56 Å². The Bertz CT molecular complexity index is 1030. The van der Waals surface area contributed by atoms with Crippen LogP contribution in [0, 0.1) is 0 Å². The first kappa shape index (κ1) is 21.4. The maximum Gasteiger partial charge on any atom is 0.335 e. The zero-order valence-corrected chi connectivity index (χ0v) is 17.9. The fourth-order valence-electron chi connectivity index (χ4n) is 2.75. The van der Waals surface area contributed by atoms with Gasteiger partial charge in [0, 0.05) is 12.6 Å². The van der Waals surface area contributed by atoms with Crippen molar-refractivity contribution < 1.29 is 24.2 Å². The van der Waals surface area contributed by atoms with Gasteiger partial charge in [0.05, 0.1) is 29.4 Å². The number of ether oxygens (including phenoxy) is 2. The quantitative estimate of drug-likeness (QED) is 0.688. The van der Waals surface area contributed by atoms with Crippen LogP contribution < -0.4 is 9.47 Å². The Balaban J connectivity index is 1.93. The Hall–Kier alpha value is -3.26. The summed E-state index contributed by atoms with van der Waals surface area (Å²) >= 11 is 1.24. The lowest BCUT2D eigenvalue weighted by molar-refractivity contribution is -0.121. The Morgan fingerprint density at radius 3 is 2.50 bits per heavy atom. The van der Waals surface area contributed by atoms with E-state index < -0.39 is 5.97 Å². The van der Waals surface area contributed by atoms with Gasteiger partial charge in [0.1, 0.15) is 0 Å². The molecule has 0 aliphatic carbocycles. The summed E-state index contributed by atoms with van der Waals surface area (Å²) in [5.74, 6) is -0.0126. The number of nitrogens with zero attached hydrogens (tertiary/aromatic N) is 2. The highest BCUT2D eigenvalue weighted by molar-refractivity contribution is 8.18. The summed E-state index contributed by atoms with van der Waals surface area (Å²) < 4.78 is 11.3. The van der Waals surface area contributed by atoms with Gasteiger partial charge < -0.3 is 14.6 Å². The van der Waals surface area contributed by atoms with Crippen LogP contribution in [0.15, 0.2) is 52.4 Å². The number of carboxylic acids is 1. The van der Waals surface area contributed by atoms with Gasteiger partial charge in [-0.05, 0) is 62.0 Å². The Kier molecular flexibility index (Phi) is 6.47. The van der Waals surface area contributed by atoms with Gasteiger partial charge in [0.25, 0.3) is 5.91 Å². The van der Waals surface area contributed by atoms with E-state index in [0.29, 0.717) is 27.3 Å². The molecular weight excluding hydrogens is 404 g/mol. The summed E-state index contributed by atoms with van der Waals surface area (Å²) in [6, 6.07) is 11.7. The van der Waals surface area contributed by atoms with Crippen molar-refractivity contribution in [1.82, 2.24) is 4.90 Å². The molecule has 0 atom stereocenters. The molecule has 7 nitrogen and oxygen atoms in total. The normalized spacial score (nSPS) is 16.6. The van der Waals surface area contributed by atoms with Crippen molar-refractivity contribution >= 4 is 40.6 Å². The molecule has 1 aliphatic heterocycles. The van der Waals surface area contributed by atoms with Crippen LogP contribution in [0.4, 0.5) is 5.69 Å². The van der Waals surface area contributed by atoms with Crippen LogP contribution in [0.25, 0.3) is 6.08 Å². The van der Waals surface area contributed by atoms with Crippen molar-refractivity contribution in [2.75, 3.05) is 14.2 Å². The molecule has 1 fully saturated rings. The number of likely N-dealkylation sites (N-methyl/N-ethyl adjacent to an activating group) is 1. The molecule has 1 saturated heterocycles. The molecule has 1 N–H and O–H groups in total. The lowest BCUT2D eigenvalue weighted by atomic mass is 10.1. The predicted molar refractivity (Wildman–Crippen MR) is 118 cm³/mol. The van der Waals surface area contributed by atoms with Gasteiger partial charge in [-0.3, -0.25) is 9.69 Å². The molecule has 1 amide bonds. The second kappa shape index (κ2) is 9.04. The summed E-state index contributed by atoms with van der Waals surface area (Å²) in [7, 11) is 3.22. The summed E-state index contributed by atoms with van der Waals surface area (Å²) in [5, 5.41) is 9.51. The number of amides is 1. The number of carbonyl (C=O) groups excluding carboxylic acids is 1. The third kappa shape index (κ3) is 4.65. The Morgan fingerprint density at radius 1 is 1.20 bits per heavy atom. The summed E-state index contributed by atoms with van der Waals surface area (Å²) in [6.45, 7) is 3.85. The molecule has 0 unspecified atom stereocenters. The highest BCUT2D eigenvalue weighted by atomic mass is 32.2. The van der Waals surface area contributed by atoms with Gasteiger partial charge in [-0.2, -0.15) is 0 Å². The number of benzene rings is 2. The number of aromatic carboxylic acids is 1. The number of thioether (sulfide) groups is 1. The molecule has 0 radical (unpaired) electrons. The number of carboxylic acid groups (broad SMARTS) is 1. The van der Waals surface area contributed by atoms with Crippen LogP contribution in [0.5, 0.6) is 11.5 Å². The standard InChI is InChI=1S/C22H22N2O5S/c1-13(2)29-19-15(6-5-7-17(19)28-4)12-18-20(25)24(3)22(30-18)23-16-10-8-14(9-11-16)21(26)27/h5-13H,1-4H3,(H,26,27). The molecule has 1 heterocycles. The van der Waals surface area contributed by atoms with Crippen molar-refractivity contribution in [3.05, 3.63) is 58.5 Å². The van der Waals surface area contributed by atoms with Crippen molar-refractivity contribution in [3.63, 3.8) is 0 Å². The van der Waals surface area contributed by atoms with Crippen molar-refractivity contribution in [2.45, 2.75) is 20.0 Å². The van der Waals surface area contributed by atoms with E-state index in [2.05, 4.69) is 4.99 Å². The largest absolute Gasteiger partial charge is 0.493 e.